The van der Waals surface area contributed by atoms with E-state index in [9.17, 15) is 13.2 Å². The van der Waals surface area contributed by atoms with E-state index in [1.807, 2.05) is 85.2 Å². The molecule has 0 aliphatic carbocycles. The lowest BCUT2D eigenvalue weighted by molar-refractivity contribution is 0.0982. The summed E-state index contributed by atoms with van der Waals surface area (Å²) in [5.41, 5.74) is 3.49. The van der Waals surface area contributed by atoms with Gasteiger partial charge in [-0.3, -0.25) is 4.79 Å². The van der Waals surface area contributed by atoms with Gasteiger partial charge >= 0.3 is 0 Å². The van der Waals surface area contributed by atoms with Gasteiger partial charge in [0.25, 0.3) is 15.9 Å². The van der Waals surface area contributed by atoms with Crippen LogP contribution in [0.25, 0.3) is 17.1 Å². The number of rotatable bonds is 9. The minimum Gasteiger partial charge on any atom is -0.317 e. The van der Waals surface area contributed by atoms with Crippen LogP contribution in [0.3, 0.4) is 0 Å². The van der Waals surface area contributed by atoms with Crippen LogP contribution >= 0.6 is 11.6 Å². The third-order valence-electron chi connectivity index (χ3n) is 5.87. The minimum absolute atomic E-state index is 0.214. The van der Waals surface area contributed by atoms with E-state index in [-0.39, 0.29) is 11.6 Å². The summed E-state index contributed by atoms with van der Waals surface area (Å²) in [5.74, 6) is 0.0212. The molecule has 0 saturated heterocycles. The monoisotopic (exact) mass is 533 g/mol. The molecule has 1 heterocycles. The second-order valence-electron chi connectivity index (χ2n) is 8.61. The third kappa shape index (κ3) is 6.37. The van der Waals surface area contributed by atoms with Crippen molar-refractivity contribution in [3.05, 3.63) is 118 Å². The van der Waals surface area contributed by atoms with E-state index in [1.54, 1.807) is 18.2 Å². The van der Waals surface area contributed by atoms with E-state index in [2.05, 4.69) is 4.72 Å². The molecule has 37 heavy (non-hydrogen) atoms. The number of nitrogens with zero attached hydrogens (tertiary/aromatic N) is 2. The lowest BCUT2D eigenvalue weighted by Gasteiger charge is -2.20. The first-order valence-corrected chi connectivity index (χ1v) is 13.9. The molecule has 8 heteroatoms. The Morgan fingerprint density at radius 2 is 1.81 bits per heavy atom. The summed E-state index contributed by atoms with van der Waals surface area (Å²) in [6, 6.07) is 22.2. The van der Waals surface area contributed by atoms with Crippen LogP contribution in [0.1, 0.15) is 53.1 Å². The minimum atomic E-state index is -3.89. The van der Waals surface area contributed by atoms with Crippen LogP contribution in [0.15, 0.2) is 90.4 Å². The maximum Gasteiger partial charge on any atom is 0.265 e. The molecule has 0 saturated carbocycles. The van der Waals surface area contributed by atoms with Gasteiger partial charge in [0.15, 0.2) is 0 Å². The number of fused-ring (bicyclic) bond motifs is 1. The van der Waals surface area contributed by atoms with Gasteiger partial charge in [-0.25, -0.2) is 18.1 Å². The molecule has 0 fully saturated rings. The number of amides is 1. The zero-order valence-corrected chi connectivity index (χ0v) is 22.2. The molecule has 4 aromatic rings. The highest BCUT2D eigenvalue weighted by atomic mass is 35.5. The lowest BCUT2D eigenvalue weighted by atomic mass is 10.0. The van der Waals surface area contributed by atoms with Crippen molar-refractivity contribution in [2.75, 3.05) is 0 Å². The molecule has 0 aliphatic heterocycles. The quantitative estimate of drug-likeness (QED) is 0.260. The molecule has 0 aliphatic rings. The van der Waals surface area contributed by atoms with Crippen LogP contribution in [0.5, 0.6) is 0 Å². The second kappa shape index (κ2) is 11.6. The van der Waals surface area contributed by atoms with Crippen molar-refractivity contribution in [1.29, 1.82) is 0 Å². The Labute approximate surface area is 222 Å². The predicted molar refractivity (Wildman–Crippen MR) is 150 cm³/mol. The van der Waals surface area contributed by atoms with Crippen molar-refractivity contribution in [2.45, 2.75) is 32.7 Å². The van der Waals surface area contributed by atoms with Gasteiger partial charge in [-0.2, -0.15) is 0 Å². The van der Waals surface area contributed by atoms with Gasteiger partial charge in [0, 0.05) is 16.0 Å². The molecule has 0 radical (unpaired) electrons. The van der Waals surface area contributed by atoms with Gasteiger partial charge in [0.05, 0.1) is 17.1 Å². The highest BCUT2D eigenvalue weighted by molar-refractivity contribution is 7.92. The van der Waals surface area contributed by atoms with Crippen LogP contribution in [0.2, 0.25) is 5.02 Å². The van der Waals surface area contributed by atoms with Crippen LogP contribution in [0, 0.1) is 6.92 Å². The zero-order valence-electron chi connectivity index (χ0n) is 20.6. The SMILES string of the molecule is CCC/C=C/S(=O)(=O)NC(=O)c1ccc2nc(C)n(C(/C=C/c3ccccc3)c3ccccc3Cl)c2c1. The third-order valence-corrected chi connectivity index (χ3v) is 7.23. The van der Waals surface area contributed by atoms with Crippen molar-refractivity contribution < 1.29 is 13.2 Å². The summed E-state index contributed by atoms with van der Waals surface area (Å²) in [5, 5.41) is 1.63. The number of aryl methyl sites for hydroxylation is 1. The standard InChI is InChI=1S/C29H28ClN3O3S/c1-3-4-10-19-37(35,36)32-29(34)23-16-17-26-28(20-23)33(21(2)31-26)27(24-13-8-9-14-25(24)30)18-15-22-11-6-5-7-12-22/h5-20,27H,3-4H2,1-2H3,(H,32,34)/b18-15+,19-10+. The van der Waals surface area contributed by atoms with Crippen LogP contribution < -0.4 is 4.72 Å². The summed E-state index contributed by atoms with van der Waals surface area (Å²) in [7, 11) is -3.89. The number of sulfonamides is 1. The van der Waals surface area contributed by atoms with E-state index < -0.39 is 15.9 Å². The average Bonchev–Trinajstić information content (AvgIpc) is 3.20. The molecule has 1 atom stereocenters. The summed E-state index contributed by atoms with van der Waals surface area (Å²) in [6.45, 7) is 3.84. The van der Waals surface area contributed by atoms with Crippen LogP contribution in [-0.2, 0) is 10.0 Å². The van der Waals surface area contributed by atoms with E-state index in [1.165, 1.54) is 6.08 Å². The van der Waals surface area contributed by atoms with Crippen molar-refractivity contribution >= 4 is 44.6 Å². The number of hydrogen-bond acceptors (Lipinski definition) is 4. The number of hydrogen-bond donors (Lipinski definition) is 1. The fraction of sp³-hybridized carbons (Fsp3) is 0.172. The van der Waals surface area contributed by atoms with Gasteiger partial charge in [0.1, 0.15) is 5.82 Å². The maximum atomic E-state index is 12.9. The Hall–Kier alpha value is -3.68. The Kier molecular flexibility index (Phi) is 8.26. The van der Waals surface area contributed by atoms with Gasteiger partial charge in [0.2, 0.25) is 0 Å². The first-order chi connectivity index (χ1) is 17.8. The fourth-order valence-corrected chi connectivity index (χ4v) is 5.18. The molecule has 1 amide bonds. The van der Waals surface area contributed by atoms with Crippen molar-refractivity contribution in [1.82, 2.24) is 14.3 Å². The number of imidazole rings is 1. The second-order valence-corrected chi connectivity index (χ2v) is 10.6. The van der Waals surface area contributed by atoms with Crippen molar-refractivity contribution in [3.63, 3.8) is 0 Å². The highest BCUT2D eigenvalue weighted by Gasteiger charge is 2.21. The highest BCUT2D eigenvalue weighted by Crippen LogP contribution is 2.32. The lowest BCUT2D eigenvalue weighted by Crippen LogP contribution is -2.28. The largest absolute Gasteiger partial charge is 0.317 e. The summed E-state index contributed by atoms with van der Waals surface area (Å²) in [4.78, 5) is 17.6. The number of unbranched alkanes of at least 4 members (excludes halogenated alkanes) is 1. The normalized spacial score (nSPS) is 12.9. The van der Waals surface area contributed by atoms with Crippen LogP contribution in [-0.4, -0.2) is 23.9 Å². The van der Waals surface area contributed by atoms with E-state index in [4.69, 9.17) is 16.6 Å². The number of carbonyl (C=O) groups is 1. The average molecular weight is 534 g/mol. The zero-order chi connectivity index (χ0) is 26.4. The molecule has 190 valence electrons. The first-order valence-electron chi connectivity index (χ1n) is 12.0. The molecule has 1 aromatic heterocycles. The number of benzene rings is 3. The number of halogens is 1. The molecule has 3 aromatic carbocycles. The van der Waals surface area contributed by atoms with E-state index in [0.717, 1.165) is 28.8 Å². The fourth-order valence-electron chi connectivity index (χ4n) is 4.10. The first kappa shape index (κ1) is 26.4. The summed E-state index contributed by atoms with van der Waals surface area (Å²) >= 11 is 6.62. The van der Waals surface area contributed by atoms with Crippen molar-refractivity contribution in [3.8, 4) is 0 Å². The molecule has 0 spiro atoms. The number of nitrogens with one attached hydrogen (secondary N) is 1. The Morgan fingerprint density at radius 3 is 2.54 bits per heavy atom. The molecule has 4 rings (SSSR count). The van der Waals surface area contributed by atoms with Gasteiger partial charge < -0.3 is 4.57 Å². The number of carbonyl (C=O) groups excluding carboxylic acids is 1. The Bertz CT molecular complexity index is 1570. The number of allylic oxidation sites excluding steroid dienone is 2. The molecule has 0 bridgehead atoms. The molecule has 6 nitrogen and oxygen atoms in total. The Balaban J connectivity index is 1.78. The molecule has 1 N–H and O–H groups in total. The van der Waals surface area contributed by atoms with Gasteiger partial charge in [-0.05, 0) is 48.7 Å². The number of aromatic nitrogens is 2. The summed E-state index contributed by atoms with van der Waals surface area (Å²) in [6.07, 6.45) is 7.01. The molecule has 1 unspecified atom stereocenters. The van der Waals surface area contributed by atoms with Crippen LogP contribution in [0.4, 0.5) is 0 Å². The van der Waals surface area contributed by atoms with E-state index >= 15 is 0 Å². The Morgan fingerprint density at radius 1 is 1.08 bits per heavy atom. The van der Waals surface area contributed by atoms with Crippen molar-refractivity contribution in [2.24, 2.45) is 0 Å². The smallest absolute Gasteiger partial charge is 0.265 e. The molecular weight excluding hydrogens is 506 g/mol. The van der Waals surface area contributed by atoms with Gasteiger partial charge in [-0.15, -0.1) is 0 Å². The van der Waals surface area contributed by atoms with E-state index in [0.29, 0.717) is 22.5 Å². The maximum absolute atomic E-state index is 12.9. The predicted octanol–water partition coefficient (Wildman–Crippen LogP) is 6.67. The van der Waals surface area contributed by atoms with Gasteiger partial charge in [-0.1, -0.05) is 91.7 Å². The topological polar surface area (TPSA) is 81.1 Å². The molecular formula is C29H28ClN3O3S. The summed E-state index contributed by atoms with van der Waals surface area (Å²) < 4.78 is 28.8.